The molecular formula is C19H23N5O3. The molecule has 0 saturated heterocycles. The largest absolute Gasteiger partial charge is 0.469 e. The number of nitrogens with one attached hydrogen (secondary N) is 2. The Balaban J connectivity index is 2.06. The normalized spacial score (nSPS) is 12.2. The number of anilines is 1. The maximum Gasteiger partial charge on any atom is 0.313 e. The van der Waals surface area contributed by atoms with Crippen LogP contribution in [0.3, 0.4) is 0 Å². The number of nitrogens with zero attached hydrogens (tertiary/aromatic N) is 3. The first kappa shape index (κ1) is 18.6. The first-order chi connectivity index (χ1) is 12.7. The van der Waals surface area contributed by atoms with Crippen molar-refractivity contribution >= 4 is 23.0 Å². The van der Waals surface area contributed by atoms with Gasteiger partial charge in [0.25, 0.3) is 5.56 Å². The average molecular weight is 369 g/mol. The molecule has 0 radical (unpaired) electrons. The third kappa shape index (κ3) is 3.18. The van der Waals surface area contributed by atoms with Crippen LogP contribution in [0.2, 0.25) is 0 Å². The lowest BCUT2D eigenvalue weighted by molar-refractivity contribution is -0.153. The van der Waals surface area contributed by atoms with E-state index in [9.17, 15) is 9.59 Å². The zero-order chi connectivity index (χ0) is 19.8. The smallest absolute Gasteiger partial charge is 0.313 e. The van der Waals surface area contributed by atoms with Gasteiger partial charge in [-0.3, -0.25) is 14.6 Å². The van der Waals surface area contributed by atoms with Crippen LogP contribution < -0.4 is 10.9 Å². The van der Waals surface area contributed by atoms with Crippen LogP contribution in [-0.4, -0.2) is 38.4 Å². The highest BCUT2D eigenvalue weighted by atomic mass is 16.5. The second-order valence-electron chi connectivity index (χ2n) is 7.41. The van der Waals surface area contributed by atoms with Crippen LogP contribution in [0.1, 0.15) is 27.7 Å². The van der Waals surface area contributed by atoms with Crippen molar-refractivity contribution in [2.24, 2.45) is 5.41 Å². The Hall–Kier alpha value is -3.16. The monoisotopic (exact) mass is 369 g/mol. The number of benzene rings is 1. The standard InChI is InChI=1S/C19H23N5O3/c1-18(2,16(26)27-5)19(3,4)23-17-21-14-13(15(25)22-17)11-20-24(14)12-9-7-6-8-10-12/h6-11H,1-5H3,(H2,21,22,23,25). The number of hydrogen-bond donors (Lipinski definition) is 2. The molecule has 2 N–H and O–H groups in total. The Kier molecular flexibility index (Phi) is 4.51. The number of methoxy groups -OCH3 is 1. The lowest BCUT2D eigenvalue weighted by Crippen LogP contribution is -2.51. The predicted molar refractivity (Wildman–Crippen MR) is 103 cm³/mol. The molecule has 8 heteroatoms. The van der Waals surface area contributed by atoms with Gasteiger partial charge in [-0.15, -0.1) is 0 Å². The second kappa shape index (κ2) is 6.53. The average Bonchev–Trinajstić information content (AvgIpc) is 3.05. The van der Waals surface area contributed by atoms with Crippen molar-refractivity contribution in [1.82, 2.24) is 19.7 Å². The number of aromatic amines is 1. The van der Waals surface area contributed by atoms with Gasteiger partial charge in [0, 0.05) is 0 Å². The van der Waals surface area contributed by atoms with E-state index >= 15 is 0 Å². The minimum Gasteiger partial charge on any atom is -0.469 e. The zero-order valence-corrected chi connectivity index (χ0v) is 16.0. The van der Waals surface area contributed by atoms with Gasteiger partial charge in [0.2, 0.25) is 5.95 Å². The summed E-state index contributed by atoms with van der Waals surface area (Å²) in [7, 11) is 1.35. The number of carbonyl (C=O) groups is 1. The summed E-state index contributed by atoms with van der Waals surface area (Å²) in [5, 5.41) is 7.84. The number of para-hydroxylation sites is 1. The number of fused-ring (bicyclic) bond motifs is 1. The van der Waals surface area contributed by atoms with E-state index in [-0.39, 0.29) is 17.5 Å². The highest BCUT2D eigenvalue weighted by Gasteiger charge is 2.44. The van der Waals surface area contributed by atoms with Crippen molar-refractivity contribution in [1.29, 1.82) is 0 Å². The summed E-state index contributed by atoms with van der Waals surface area (Å²) in [5.74, 6) is -0.107. The van der Waals surface area contributed by atoms with Gasteiger partial charge in [-0.25, -0.2) is 4.68 Å². The van der Waals surface area contributed by atoms with Gasteiger partial charge in [-0.2, -0.15) is 10.1 Å². The molecule has 8 nitrogen and oxygen atoms in total. The minimum atomic E-state index is -0.866. The van der Waals surface area contributed by atoms with Crippen LogP contribution in [0, 0.1) is 5.41 Å². The first-order valence-corrected chi connectivity index (χ1v) is 8.57. The lowest BCUT2D eigenvalue weighted by atomic mass is 9.74. The minimum absolute atomic E-state index is 0.257. The Bertz CT molecular complexity index is 1030. The van der Waals surface area contributed by atoms with Crippen molar-refractivity contribution in [3.63, 3.8) is 0 Å². The van der Waals surface area contributed by atoms with Gasteiger partial charge >= 0.3 is 5.97 Å². The third-order valence-corrected chi connectivity index (χ3v) is 5.13. The fraction of sp³-hybridized carbons (Fsp3) is 0.368. The quantitative estimate of drug-likeness (QED) is 0.670. The molecule has 0 amide bonds. The number of aromatic nitrogens is 4. The molecule has 0 saturated carbocycles. The van der Waals surface area contributed by atoms with Crippen LogP contribution in [0.4, 0.5) is 5.95 Å². The van der Waals surface area contributed by atoms with E-state index in [2.05, 4.69) is 20.4 Å². The van der Waals surface area contributed by atoms with Gasteiger partial charge in [0.1, 0.15) is 5.39 Å². The number of carbonyl (C=O) groups excluding carboxylic acids is 1. The lowest BCUT2D eigenvalue weighted by Gasteiger charge is -2.39. The topological polar surface area (TPSA) is 102 Å². The SMILES string of the molecule is COC(=O)C(C)(C)C(C)(C)Nc1nc2c(cnn2-c2ccccc2)c(=O)[nH]1. The van der Waals surface area contributed by atoms with Crippen molar-refractivity contribution in [3.05, 3.63) is 46.9 Å². The van der Waals surface area contributed by atoms with E-state index in [1.54, 1.807) is 18.5 Å². The van der Waals surface area contributed by atoms with Gasteiger partial charge in [0.15, 0.2) is 5.65 Å². The Labute approximate surface area is 156 Å². The molecule has 0 aliphatic rings. The summed E-state index contributed by atoms with van der Waals surface area (Å²) in [6, 6.07) is 9.44. The second-order valence-corrected chi connectivity index (χ2v) is 7.41. The summed E-state index contributed by atoms with van der Waals surface area (Å²) in [6.07, 6.45) is 1.49. The molecule has 142 valence electrons. The molecule has 0 atom stereocenters. The fourth-order valence-corrected chi connectivity index (χ4v) is 2.70. The Morgan fingerprint density at radius 3 is 2.48 bits per heavy atom. The molecule has 2 heterocycles. The maximum absolute atomic E-state index is 12.5. The van der Waals surface area contributed by atoms with Crippen molar-refractivity contribution in [2.75, 3.05) is 12.4 Å². The molecule has 1 aromatic carbocycles. The fourth-order valence-electron chi connectivity index (χ4n) is 2.70. The van der Waals surface area contributed by atoms with E-state index in [1.165, 1.54) is 13.3 Å². The molecule has 3 aromatic rings. The number of rotatable bonds is 5. The van der Waals surface area contributed by atoms with E-state index in [0.29, 0.717) is 11.0 Å². The van der Waals surface area contributed by atoms with Crippen LogP contribution in [0.5, 0.6) is 0 Å². The molecule has 0 spiro atoms. The molecule has 0 unspecified atom stereocenters. The van der Waals surface area contributed by atoms with E-state index in [1.807, 2.05) is 44.2 Å². The van der Waals surface area contributed by atoms with Crippen molar-refractivity contribution in [3.8, 4) is 5.69 Å². The van der Waals surface area contributed by atoms with Crippen LogP contribution in [-0.2, 0) is 9.53 Å². The molecule has 0 fully saturated rings. The Morgan fingerprint density at radius 1 is 1.19 bits per heavy atom. The van der Waals surface area contributed by atoms with E-state index in [0.717, 1.165) is 5.69 Å². The van der Waals surface area contributed by atoms with Gasteiger partial charge in [-0.1, -0.05) is 18.2 Å². The van der Waals surface area contributed by atoms with Crippen LogP contribution in [0.25, 0.3) is 16.7 Å². The highest BCUT2D eigenvalue weighted by Crippen LogP contribution is 2.34. The molecule has 2 aromatic heterocycles. The molecule has 3 rings (SSSR count). The van der Waals surface area contributed by atoms with Crippen LogP contribution >= 0.6 is 0 Å². The first-order valence-electron chi connectivity index (χ1n) is 8.57. The van der Waals surface area contributed by atoms with Crippen molar-refractivity contribution in [2.45, 2.75) is 33.2 Å². The van der Waals surface area contributed by atoms with E-state index < -0.39 is 11.0 Å². The number of ether oxygens (including phenoxy) is 1. The van der Waals surface area contributed by atoms with Gasteiger partial charge in [-0.05, 0) is 39.8 Å². The summed E-state index contributed by atoms with van der Waals surface area (Å²) >= 11 is 0. The molecule has 0 aliphatic carbocycles. The summed E-state index contributed by atoms with van der Waals surface area (Å²) in [6.45, 7) is 7.25. The number of hydrogen-bond acceptors (Lipinski definition) is 6. The third-order valence-electron chi connectivity index (χ3n) is 5.13. The molecule has 27 heavy (non-hydrogen) atoms. The summed E-state index contributed by atoms with van der Waals surface area (Å²) in [4.78, 5) is 31.9. The zero-order valence-electron chi connectivity index (χ0n) is 16.0. The van der Waals surface area contributed by atoms with Crippen LogP contribution in [0.15, 0.2) is 41.3 Å². The summed E-state index contributed by atoms with van der Waals surface area (Å²) < 4.78 is 6.52. The van der Waals surface area contributed by atoms with Crippen molar-refractivity contribution < 1.29 is 9.53 Å². The summed E-state index contributed by atoms with van der Waals surface area (Å²) in [5.41, 5.74) is -0.697. The van der Waals surface area contributed by atoms with Gasteiger partial charge < -0.3 is 10.1 Å². The maximum atomic E-state index is 12.5. The molecular weight excluding hydrogens is 346 g/mol. The van der Waals surface area contributed by atoms with Gasteiger partial charge in [0.05, 0.1) is 29.9 Å². The molecule has 0 bridgehead atoms. The molecule has 0 aliphatic heterocycles. The number of H-pyrrole nitrogens is 1. The highest BCUT2D eigenvalue weighted by molar-refractivity contribution is 5.79. The Morgan fingerprint density at radius 2 is 1.85 bits per heavy atom. The van der Waals surface area contributed by atoms with E-state index in [4.69, 9.17) is 4.74 Å². The number of esters is 1. The predicted octanol–water partition coefficient (Wildman–Crippen LogP) is 2.50.